The zero-order chi connectivity index (χ0) is 11.5. The highest BCUT2D eigenvalue weighted by Gasteiger charge is 1.99. The minimum Gasteiger partial charge on any atom is -0.399 e. The molecule has 1 aromatic heterocycles. The summed E-state index contributed by atoms with van der Waals surface area (Å²) < 4.78 is 1.14. The third kappa shape index (κ3) is 2.77. The first-order valence-electron chi connectivity index (χ1n) is 4.98. The Kier molecular flexibility index (Phi) is 3.51. The standard InChI is InChI=1S/C12H13BrN2S/c1-8-4-10(2-3-12(8)14)15-6-11-5-9(13)7-16-11/h2-5,7,15H,6,14H2,1H3. The normalized spacial score (nSPS) is 10.4. The summed E-state index contributed by atoms with van der Waals surface area (Å²) >= 11 is 5.19. The van der Waals surface area contributed by atoms with E-state index >= 15 is 0 Å². The molecule has 0 unspecified atom stereocenters. The summed E-state index contributed by atoms with van der Waals surface area (Å²) in [4.78, 5) is 1.31. The first-order valence-corrected chi connectivity index (χ1v) is 6.65. The van der Waals surface area contributed by atoms with E-state index < -0.39 is 0 Å². The molecule has 16 heavy (non-hydrogen) atoms. The molecule has 2 nitrogen and oxygen atoms in total. The highest BCUT2D eigenvalue weighted by Crippen LogP contribution is 2.22. The van der Waals surface area contributed by atoms with Gasteiger partial charge in [0.2, 0.25) is 0 Å². The van der Waals surface area contributed by atoms with Gasteiger partial charge < -0.3 is 11.1 Å². The third-order valence-electron chi connectivity index (χ3n) is 2.36. The molecule has 2 rings (SSSR count). The fourth-order valence-corrected chi connectivity index (χ4v) is 2.81. The van der Waals surface area contributed by atoms with Crippen molar-refractivity contribution in [1.82, 2.24) is 0 Å². The predicted molar refractivity (Wildman–Crippen MR) is 74.9 cm³/mol. The van der Waals surface area contributed by atoms with Gasteiger partial charge in [-0.25, -0.2) is 0 Å². The number of hydrogen-bond acceptors (Lipinski definition) is 3. The molecule has 0 aliphatic heterocycles. The lowest BCUT2D eigenvalue weighted by molar-refractivity contribution is 1.19. The Bertz CT molecular complexity index is 494. The van der Waals surface area contributed by atoms with Gasteiger partial charge in [0.05, 0.1) is 0 Å². The lowest BCUT2D eigenvalue weighted by Gasteiger charge is -2.07. The molecule has 1 heterocycles. The third-order valence-corrected chi connectivity index (χ3v) is 4.06. The van der Waals surface area contributed by atoms with E-state index in [1.807, 2.05) is 19.1 Å². The van der Waals surface area contributed by atoms with Crippen LogP contribution in [0.1, 0.15) is 10.4 Å². The molecule has 1 aromatic carbocycles. The average Bonchev–Trinajstić information content (AvgIpc) is 2.66. The Morgan fingerprint density at radius 3 is 2.81 bits per heavy atom. The first-order chi connectivity index (χ1) is 7.65. The van der Waals surface area contributed by atoms with Crippen LogP contribution in [0.2, 0.25) is 0 Å². The number of benzene rings is 1. The molecule has 0 saturated heterocycles. The molecule has 0 atom stereocenters. The minimum absolute atomic E-state index is 0.837. The second kappa shape index (κ2) is 4.89. The van der Waals surface area contributed by atoms with Crippen molar-refractivity contribution >= 4 is 38.6 Å². The molecule has 0 aliphatic carbocycles. The van der Waals surface area contributed by atoms with Gasteiger partial charge >= 0.3 is 0 Å². The molecular weight excluding hydrogens is 284 g/mol. The lowest BCUT2D eigenvalue weighted by Crippen LogP contribution is -1.98. The topological polar surface area (TPSA) is 38.0 Å². The van der Waals surface area contributed by atoms with Crippen LogP contribution in [0.5, 0.6) is 0 Å². The molecule has 84 valence electrons. The van der Waals surface area contributed by atoms with Crippen molar-refractivity contribution < 1.29 is 0 Å². The summed E-state index contributed by atoms with van der Waals surface area (Å²) in [5, 5.41) is 5.46. The number of halogens is 1. The van der Waals surface area contributed by atoms with Gasteiger partial charge in [0, 0.05) is 32.6 Å². The van der Waals surface area contributed by atoms with E-state index in [0.717, 1.165) is 28.0 Å². The number of nitrogen functional groups attached to an aromatic ring is 1. The monoisotopic (exact) mass is 296 g/mol. The van der Waals surface area contributed by atoms with Crippen LogP contribution in [0.4, 0.5) is 11.4 Å². The maximum atomic E-state index is 5.77. The van der Waals surface area contributed by atoms with Crippen molar-refractivity contribution in [2.75, 3.05) is 11.1 Å². The molecular formula is C12H13BrN2S. The Hall–Kier alpha value is -1.00. The number of rotatable bonds is 3. The number of aryl methyl sites for hydroxylation is 1. The molecule has 0 radical (unpaired) electrons. The van der Waals surface area contributed by atoms with Crippen LogP contribution in [0, 0.1) is 6.92 Å². The molecule has 0 amide bonds. The number of thiophene rings is 1. The van der Waals surface area contributed by atoms with Crippen molar-refractivity contribution in [2.45, 2.75) is 13.5 Å². The van der Waals surface area contributed by atoms with Crippen LogP contribution < -0.4 is 11.1 Å². The van der Waals surface area contributed by atoms with Crippen molar-refractivity contribution in [2.24, 2.45) is 0 Å². The van der Waals surface area contributed by atoms with E-state index in [1.165, 1.54) is 4.88 Å². The van der Waals surface area contributed by atoms with Gasteiger partial charge in [0.1, 0.15) is 0 Å². The highest BCUT2D eigenvalue weighted by atomic mass is 79.9. The van der Waals surface area contributed by atoms with Crippen molar-refractivity contribution in [3.8, 4) is 0 Å². The smallest absolute Gasteiger partial charge is 0.0494 e. The van der Waals surface area contributed by atoms with E-state index in [-0.39, 0.29) is 0 Å². The Balaban J connectivity index is 2.02. The highest BCUT2D eigenvalue weighted by molar-refractivity contribution is 9.10. The molecule has 2 aromatic rings. The molecule has 4 heteroatoms. The van der Waals surface area contributed by atoms with Crippen molar-refractivity contribution in [1.29, 1.82) is 0 Å². The zero-order valence-corrected chi connectivity index (χ0v) is 11.4. The number of nitrogens with one attached hydrogen (secondary N) is 1. The average molecular weight is 297 g/mol. The maximum Gasteiger partial charge on any atom is 0.0494 e. The van der Waals surface area contributed by atoms with E-state index in [4.69, 9.17) is 5.73 Å². The van der Waals surface area contributed by atoms with Crippen LogP contribution in [0.15, 0.2) is 34.1 Å². The maximum absolute atomic E-state index is 5.77. The Morgan fingerprint density at radius 1 is 1.38 bits per heavy atom. The number of hydrogen-bond donors (Lipinski definition) is 2. The van der Waals surface area contributed by atoms with Crippen LogP contribution in [-0.2, 0) is 6.54 Å². The van der Waals surface area contributed by atoms with Gasteiger partial charge in [0.15, 0.2) is 0 Å². The molecule has 0 aliphatic rings. The van der Waals surface area contributed by atoms with Crippen LogP contribution in [-0.4, -0.2) is 0 Å². The first kappa shape index (κ1) is 11.5. The summed E-state index contributed by atoms with van der Waals surface area (Å²) in [5.74, 6) is 0. The molecule has 0 spiro atoms. The van der Waals surface area contributed by atoms with Crippen molar-refractivity contribution in [3.63, 3.8) is 0 Å². The lowest BCUT2D eigenvalue weighted by atomic mass is 10.2. The van der Waals surface area contributed by atoms with Gasteiger partial charge in [-0.15, -0.1) is 11.3 Å². The van der Waals surface area contributed by atoms with Crippen LogP contribution >= 0.6 is 27.3 Å². The summed E-state index contributed by atoms with van der Waals surface area (Å²) in [6, 6.07) is 8.13. The molecule has 3 N–H and O–H groups in total. The Labute approximate surface area is 108 Å². The van der Waals surface area contributed by atoms with Gasteiger partial charge in [0.25, 0.3) is 0 Å². The predicted octanol–water partition coefficient (Wildman–Crippen LogP) is 4.01. The summed E-state index contributed by atoms with van der Waals surface area (Å²) in [6.45, 7) is 2.86. The Morgan fingerprint density at radius 2 is 2.19 bits per heavy atom. The van der Waals surface area contributed by atoms with E-state index in [0.29, 0.717) is 0 Å². The summed E-state index contributed by atoms with van der Waals surface area (Å²) in [6.07, 6.45) is 0. The quantitative estimate of drug-likeness (QED) is 0.840. The van der Waals surface area contributed by atoms with Gasteiger partial charge in [-0.05, 0) is 52.7 Å². The number of nitrogens with two attached hydrogens (primary N) is 1. The minimum atomic E-state index is 0.837. The molecule has 0 bridgehead atoms. The SMILES string of the molecule is Cc1cc(NCc2cc(Br)cs2)ccc1N. The van der Waals surface area contributed by atoms with Crippen molar-refractivity contribution in [3.05, 3.63) is 44.6 Å². The van der Waals surface area contributed by atoms with Gasteiger partial charge in [-0.3, -0.25) is 0 Å². The van der Waals surface area contributed by atoms with E-state index in [1.54, 1.807) is 11.3 Å². The largest absolute Gasteiger partial charge is 0.399 e. The second-order valence-corrected chi connectivity index (χ2v) is 5.57. The van der Waals surface area contributed by atoms with E-state index in [2.05, 4.69) is 38.8 Å². The fourth-order valence-electron chi connectivity index (χ4n) is 1.42. The fraction of sp³-hybridized carbons (Fsp3) is 0.167. The zero-order valence-electron chi connectivity index (χ0n) is 8.96. The van der Waals surface area contributed by atoms with Crippen LogP contribution in [0.25, 0.3) is 0 Å². The number of anilines is 2. The summed E-state index contributed by atoms with van der Waals surface area (Å²) in [5.41, 5.74) is 8.82. The second-order valence-electron chi connectivity index (χ2n) is 3.66. The van der Waals surface area contributed by atoms with E-state index in [9.17, 15) is 0 Å². The molecule has 0 fully saturated rings. The van der Waals surface area contributed by atoms with Gasteiger partial charge in [-0.1, -0.05) is 0 Å². The van der Waals surface area contributed by atoms with Gasteiger partial charge in [-0.2, -0.15) is 0 Å². The molecule has 0 saturated carbocycles. The summed E-state index contributed by atoms with van der Waals surface area (Å²) in [7, 11) is 0. The van der Waals surface area contributed by atoms with Crippen LogP contribution in [0.3, 0.4) is 0 Å².